The summed E-state index contributed by atoms with van der Waals surface area (Å²) in [6, 6.07) is 58.0. The van der Waals surface area contributed by atoms with Crippen LogP contribution in [0.5, 0.6) is 23.0 Å². The zero-order chi connectivity index (χ0) is 42.2. The minimum absolute atomic E-state index is 0.735. The summed E-state index contributed by atoms with van der Waals surface area (Å²) in [5, 5.41) is 4.40. The zero-order valence-electron chi connectivity index (χ0n) is 34.7. The van der Waals surface area contributed by atoms with Crippen LogP contribution in [0.1, 0.15) is 0 Å². The van der Waals surface area contributed by atoms with Crippen LogP contribution in [0.2, 0.25) is 0 Å². The molecule has 0 aliphatic carbocycles. The SMILES string of the molecule is COc1ccc(-c2nc(-c3ccc4ccccc4c3-c3c(-c4nc(-c5ccc(OC)cc5)c(-c5ccc(OC)cc5)[nH]4)ccc4ccccc34)[nH]c2-c2ccc(OC)cc2)cc1. The van der Waals surface area contributed by atoms with Crippen LogP contribution in [0.3, 0.4) is 0 Å². The van der Waals surface area contributed by atoms with E-state index in [9.17, 15) is 0 Å². The van der Waals surface area contributed by atoms with Gasteiger partial charge in [0.05, 0.1) is 51.2 Å². The van der Waals surface area contributed by atoms with Crippen molar-refractivity contribution >= 4 is 21.5 Å². The molecule has 8 heteroatoms. The van der Waals surface area contributed by atoms with Crippen molar-refractivity contribution in [1.82, 2.24) is 19.9 Å². The molecule has 0 bridgehead atoms. The smallest absolute Gasteiger partial charge is 0.139 e. The van der Waals surface area contributed by atoms with Gasteiger partial charge in [-0.05, 0) is 131 Å². The summed E-state index contributed by atoms with van der Waals surface area (Å²) >= 11 is 0. The number of benzene rings is 8. The monoisotopic (exact) mass is 810 g/mol. The molecule has 0 aliphatic rings. The molecule has 0 fully saturated rings. The highest BCUT2D eigenvalue weighted by Gasteiger charge is 2.25. The lowest BCUT2D eigenvalue weighted by Gasteiger charge is -2.18. The summed E-state index contributed by atoms with van der Waals surface area (Å²) in [7, 11) is 6.71. The molecule has 0 unspecified atom stereocenters. The van der Waals surface area contributed by atoms with Gasteiger partial charge in [0.2, 0.25) is 0 Å². The van der Waals surface area contributed by atoms with E-state index in [4.69, 9.17) is 28.9 Å². The Morgan fingerprint density at radius 2 is 0.661 bits per heavy atom. The number of hydrogen-bond acceptors (Lipinski definition) is 6. The highest BCUT2D eigenvalue weighted by molar-refractivity contribution is 6.14. The van der Waals surface area contributed by atoms with E-state index in [-0.39, 0.29) is 0 Å². The first-order valence-corrected chi connectivity index (χ1v) is 20.4. The number of fused-ring (bicyclic) bond motifs is 2. The Labute approximate surface area is 359 Å². The summed E-state index contributed by atoms with van der Waals surface area (Å²) in [6.45, 7) is 0. The molecule has 0 saturated carbocycles. The molecule has 302 valence electrons. The molecule has 0 atom stereocenters. The second-order valence-electron chi connectivity index (χ2n) is 15.0. The summed E-state index contributed by atoms with van der Waals surface area (Å²) in [6.07, 6.45) is 0. The van der Waals surface area contributed by atoms with Gasteiger partial charge in [-0.25, -0.2) is 9.97 Å². The number of ether oxygens (including phenoxy) is 4. The molecule has 0 saturated heterocycles. The molecule has 8 nitrogen and oxygen atoms in total. The van der Waals surface area contributed by atoms with Crippen molar-refractivity contribution in [2.45, 2.75) is 0 Å². The quantitative estimate of drug-likeness (QED) is 0.135. The van der Waals surface area contributed by atoms with E-state index in [0.29, 0.717) is 0 Å². The van der Waals surface area contributed by atoms with E-state index >= 15 is 0 Å². The molecule has 8 aromatic carbocycles. The first-order chi connectivity index (χ1) is 30.5. The van der Waals surface area contributed by atoms with Crippen molar-refractivity contribution in [3.63, 3.8) is 0 Å². The van der Waals surface area contributed by atoms with Gasteiger partial charge in [-0.1, -0.05) is 60.7 Å². The molecule has 2 N–H and O–H groups in total. The number of aromatic nitrogens is 4. The highest BCUT2D eigenvalue weighted by atomic mass is 16.5. The maximum Gasteiger partial charge on any atom is 0.139 e. The molecular formula is C54H42N4O4. The summed E-state index contributed by atoms with van der Waals surface area (Å²) in [4.78, 5) is 18.5. The molecular weight excluding hydrogens is 769 g/mol. The average molecular weight is 811 g/mol. The minimum Gasteiger partial charge on any atom is -0.497 e. The predicted octanol–water partition coefficient (Wildman–Crippen LogP) is 13.1. The van der Waals surface area contributed by atoms with Gasteiger partial charge in [0, 0.05) is 44.5 Å². The number of imidazole rings is 2. The Kier molecular flexibility index (Phi) is 9.94. The van der Waals surface area contributed by atoms with Crippen molar-refractivity contribution in [3.8, 4) is 102 Å². The minimum atomic E-state index is 0.735. The molecule has 0 radical (unpaired) electrons. The Bertz CT molecular complexity index is 2860. The van der Waals surface area contributed by atoms with Gasteiger partial charge in [0.25, 0.3) is 0 Å². The number of methoxy groups -OCH3 is 4. The average Bonchev–Trinajstić information content (AvgIpc) is 4.00. The number of aromatic amines is 2. The highest BCUT2D eigenvalue weighted by Crippen LogP contribution is 2.47. The summed E-state index contributed by atoms with van der Waals surface area (Å²) in [5.74, 6) is 4.58. The summed E-state index contributed by atoms with van der Waals surface area (Å²) in [5.41, 5.74) is 11.3. The largest absolute Gasteiger partial charge is 0.497 e. The predicted molar refractivity (Wildman–Crippen MR) is 250 cm³/mol. The van der Waals surface area contributed by atoms with Crippen molar-refractivity contribution in [3.05, 3.63) is 170 Å². The second kappa shape index (κ2) is 16.2. The maximum atomic E-state index is 5.53. The number of H-pyrrole nitrogens is 2. The lowest BCUT2D eigenvalue weighted by molar-refractivity contribution is 0.414. The lowest BCUT2D eigenvalue weighted by atomic mass is 9.86. The third-order valence-corrected chi connectivity index (χ3v) is 11.5. The fourth-order valence-electron chi connectivity index (χ4n) is 8.33. The van der Waals surface area contributed by atoms with Crippen LogP contribution in [-0.4, -0.2) is 48.4 Å². The van der Waals surface area contributed by atoms with Crippen LogP contribution in [0, 0.1) is 0 Å². The fraction of sp³-hybridized carbons (Fsp3) is 0.0741. The van der Waals surface area contributed by atoms with Crippen molar-refractivity contribution in [1.29, 1.82) is 0 Å². The fourth-order valence-corrected chi connectivity index (χ4v) is 8.33. The summed E-state index contributed by atoms with van der Waals surface area (Å²) < 4.78 is 22.1. The van der Waals surface area contributed by atoms with Crippen LogP contribution in [0.25, 0.3) is 100 Å². The molecule has 62 heavy (non-hydrogen) atoms. The third kappa shape index (κ3) is 6.87. The van der Waals surface area contributed by atoms with Gasteiger partial charge >= 0.3 is 0 Å². The van der Waals surface area contributed by atoms with Crippen molar-refractivity contribution in [2.24, 2.45) is 0 Å². The Morgan fingerprint density at radius 1 is 0.339 bits per heavy atom. The van der Waals surface area contributed by atoms with Crippen molar-refractivity contribution in [2.75, 3.05) is 28.4 Å². The van der Waals surface area contributed by atoms with Crippen LogP contribution >= 0.6 is 0 Å². The third-order valence-electron chi connectivity index (χ3n) is 11.5. The topological polar surface area (TPSA) is 94.3 Å². The van der Waals surface area contributed by atoms with E-state index in [1.807, 2.05) is 72.8 Å². The van der Waals surface area contributed by atoms with E-state index in [2.05, 4.69) is 107 Å². The van der Waals surface area contributed by atoms with E-state index in [0.717, 1.165) is 123 Å². The van der Waals surface area contributed by atoms with Crippen molar-refractivity contribution < 1.29 is 18.9 Å². The first-order valence-electron chi connectivity index (χ1n) is 20.4. The molecule has 2 heterocycles. The number of rotatable bonds is 11. The first kappa shape index (κ1) is 38.1. The Hall–Kier alpha value is -8.10. The van der Waals surface area contributed by atoms with Gasteiger partial charge < -0.3 is 28.9 Å². The number of nitrogens with one attached hydrogen (secondary N) is 2. The van der Waals surface area contributed by atoms with Gasteiger partial charge in [-0.3, -0.25) is 0 Å². The van der Waals surface area contributed by atoms with E-state index < -0.39 is 0 Å². The van der Waals surface area contributed by atoms with Crippen LogP contribution in [-0.2, 0) is 0 Å². The number of nitrogens with zero attached hydrogens (tertiary/aromatic N) is 2. The van der Waals surface area contributed by atoms with Crippen LogP contribution in [0.15, 0.2) is 170 Å². The molecule has 10 rings (SSSR count). The van der Waals surface area contributed by atoms with Crippen LogP contribution in [0.4, 0.5) is 0 Å². The Morgan fingerprint density at radius 3 is 1.00 bits per heavy atom. The van der Waals surface area contributed by atoms with Gasteiger partial charge in [0.1, 0.15) is 34.6 Å². The van der Waals surface area contributed by atoms with Crippen LogP contribution < -0.4 is 18.9 Å². The van der Waals surface area contributed by atoms with Gasteiger partial charge in [-0.2, -0.15) is 0 Å². The molecule has 10 aromatic rings. The van der Waals surface area contributed by atoms with E-state index in [1.165, 1.54) is 0 Å². The standard InChI is InChI=1S/C54H42N4O4/c1-59-39-23-13-35(14-24-39)49-50(36-15-25-40(60-2)26-16-36)56-53(55-49)45-31-21-33-9-5-7-11-43(33)47(45)48-44-12-8-6-10-34(44)22-32-46(48)54-57-51(37-17-27-41(61-3)28-18-37)52(58-54)38-19-29-42(62-4)30-20-38/h5-32H,1-4H3,(H,55,56)(H,57,58). The normalized spacial score (nSPS) is 11.2. The molecule has 2 aromatic heterocycles. The molecule has 0 amide bonds. The lowest BCUT2D eigenvalue weighted by Crippen LogP contribution is -1.95. The Balaban J connectivity index is 1.25. The number of hydrogen-bond donors (Lipinski definition) is 2. The molecule has 0 spiro atoms. The second-order valence-corrected chi connectivity index (χ2v) is 15.0. The maximum absolute atomic E-state index is 5.53. The zero-order valence-corrected chi connectivity index (χ0v) is 34.7. The van der Waals surface area contributed by atoms with E-state index in [1.54, 1.807) is 28.4 Å². The van der Waals surface area contributed by atoms with Gasteiger partial charge in [-0.15, -0.1) is 0 Å². The van der Waals surface area contributed by atoms with Gasteiger partial charge in [0.15, 0.2) is 0 Å². The molecule has 0 aliphatic heterocycles.